The lowest BCUT2D eigenvalue weighted by atomic mass is 9.96. The molecule has 96 valence electrons. The first kappa shape index (κ1) is 12.8. The molecule has 1 aromatic heterocycles. The number of nitrogens with zero attached hydrogens (tertiary/aromatic N) is 2. The summed E-state index contributed by atoms with van der Waals surface area (Å²) in [5.41, 5.74) is 0.834. The van der Waals surface area contributed by atoms with Crippen molar-refractivity contribution in [2.45, 2.75) is 31.4 Å². The van der Waals surface area contributed by atoms with E-state index in [0.717, 1.165) is 43.0 Å². The van der Waals surface area contributed by atoms with Crippen molar-refractivity contribution in [3.05, 3.63) is 16.1 Å². The normalized spacial score (nSPS) is 22.9. The minimum Gasteiger partial charge on any atom is -0.306 e. The highest BCUT2D eigenvalue weighted by Gasteiger charge is 2.30. The van der Waals surface area contributed by atoms with Crippen molar-refractivity contribution in [1.29, 1.82) is 0 Å². The molecular formula is C11H15F3N2S. The molecule has 1 aliphatic rings. The molecule has 6 heteroatoms. The molecule has 0 saturated carbocycles. The first-order chi connectivity index (χ1) is 7.94. The Balaban J connectivity index is 2.02. The Hall–Kier alpha value is -0.620. The third kappa shape index (κ3) is 3.67. The summed E-state index contributed by atoms with van der Waals surface area (Å²) in [5.74, 6) is 0.298. The van der Waals surface area contributed by atoms with E-state index in [1.807, 2.05) is 7.05 Å². The first-order valence-electron chi connectivity index (χ1n) is 5.63. The average Bonchev–Trinajstić information content (AvgIpc) is 2.63. The van der Waals surface area contributed by atoms with Gasteiger partial charge in [0.1, 0.15) is 5.01 Å². The smallest absolute Gasteiger partial charge is 0.306 e. The Bertz CT molecular complexity index is 375. The quantitative estimate of drug-likeness (QED) is 0.816. The lowest BCUT2D eigenvalue weighted by Gasteiger charge is -2.28. The summed E-state index contributed by atoms with van der Waals surface area (Å²) in [4.78, 5) is 6.33. The molecule has 2 heterocycles. The van der Waals surface area contributed by atoms with E-state index >= 15 is 0 Å². The van der Waals surface area contributed by atoms with Crippen molar-refractivity contribution in [2.24, 2.45) is 0 Å². The summed E-state index contributed by atoms with van der Waals surface area (Å²) in [6.45, 7) is 1.96. The van der Waals surface area contributed by atoms with E-state index in [9.17, 15) is 13.2 Å². The molecular weight excluding hydrogens is 249 g/mol. The molecule has 0 spiro atoms. The summed E-state index contributed by atoms with van der Waals surface area (Å²) in [7, 11) is 2.04. The second kappa shape index (κ2) is 4.94. The van der Waals surface area contributed by atoms with Crippen LogP contribution in [0.3, 0.4) is 0 Å². The zero-order chi connectivity index (χ0) is 12.5. The van der Waals surface area contributed by atoms with Crippen LogP contribution in [0.2, 0.25) is 0 Å². The molecule has 1 aromatic rings. The molecule has 0 radical (unpaired) electrons. The molecule has 2 nitrogen and oxygen atoms in total. The lowest BCUT2D eigenvalue weighted by molar-refractivity contribution is -0.127. The van der Waals surface area contributed by atoms with Gasteiger partial charge in [0.25, 0.3) is 0 Å². The maximum Gasteiger partial charge on any atom is 0.395 e. The van der Waals surface area contributed by atoms with E-state index in [4.69, 9.17) is 0 Å². The monoisotopic (exact) mass is 264 g/mol. The largest absolute Gasteiger partial charge is 0.395 e. The minimum absolute atomic E-state index is 0.181. The minimum atomic E-state index is -4.15. The molecule has 0 amide bonds. The Morgan fingerprint density at radius 2 is 2.29 bits per heavy atom. The maximum atomic E-state index is 12.2. The van der Waals surface area contributed by atoms with Crippen LogP contribution in [-0.2, 0) is 6.42 Å². The predicted octanol–water partition coefficient (Wildman–Crippen LogP) is 3.06. The summed E-state index contributed by atoms with van der Waals surface area (Å²) in [6, 6.07) is 0. The molecule has 1 fully saturated rings. The first-order valence-corrected chi connectivity index (χ1v) is 6.51. The number of rotatable bonds is 2. The third-order valence-electron chi connectivity index (χ3n) is 2.96. The standard InChI is InChI=1S/C11H15F3N2S/c1-16-4-2-3-8(6-16)9-7-17-10(15-9)5-11(12,13)14/h7-8H,2-6H2,1H3. The third-order valence-corrected chi connectivity index (χ3v) is 3.83. The molecule has 0 N–H and O–H groups in total. The van der Waals surface area contributed by atoms with E-state index in [2.05, 4.69) is 9.88 Å². The predicted molar refractivity (Wildman–Crippen MR) is 61.3 cm³/mol. The van der Waals surface area contributed by atoms with E-state index in [-0.39, 0.29) is 5.01 Å². The van der Waals surface area contributed by atoms with Crippen molar-refractivity contribution in [1.82, 2.24) is 9.88 Å². The van der Waals surface area contributed by atoms with Gasteiger partial charge >= 0.3 is 6.18 Å². The van der Waals surface area contributed by atoms with Crippen LogP contribution in [0.15, 0.2) is 5.38 Å². The highest BCUT2D eigenvalue weighted by Crippen LogP contribution is 2.29. The highest BCUT2D eigenvalue weighted by atomic mass is 32.1. The molecule has 2 rings (SSSR count). The molecule has 0 aliphatic carbocycles. The number of hydrogen-bond donors (Lipinski definition) is 0. The van der Waals surface area contributed by atoms with E-state index in [1.165, 1.54) is 0 Å². The number of piperidine rings is 1. The van der Waals surface area contributed by atoms with E-state index in [0.29, 0.717) is 5.92 Å². The molecule has 1 aliphatic heterocycles. The van der Waals surface area contributed by atoms with Gasteiger partial charge in [0.2, 0.25) is 0 Å². The van der Waals surface area contributed by atoms with Crippen molar-refractivity contribution in [3.8, 4) is 0 Å². The lowest BCUT2D eigenvalue weighted by Crippen LogP contribution is -2.30. The number of alkyl halides is 3. The molecule has 0 aromatic carbocycles. The topological polar surface area (TPSA) is 16.1 Å². The van der Waals surface area contributed by atoms with Crippen LogP contribution in [0.25, 0.3) is 0 Å². The van der Waals surface area contributed by atoms with Gasteiger partial charge in [-0.3, -0.25) is 0 Å². The molecule has 1 saturated heterocycles. The van der Waals surface area contributed by atoms with Gasteiger partial charge in [0.15, 0.2) is 0 Å². The zero-order valence-electron chi connectivity index (χ0n) is 9.63. The fraction of sp³-hybridized carbons (Fsp3) is 0.727. The SMILES string of the molecule is CN1CCCC(c2csc(CC(F)(F)F)n2)C1. The second-order valence-corrected chi connectivity index (χ2v) is 5.50. The van der Waals surface area contributed by atoms with Crippen molar-refractivity contribution < 1.29 is 13.2 Å². The second-order valence-electron chi connectivity index (χ2n) is 4.56. The Labute approximate surface area is 102 Å². The van der Waals surface area contributed by atoms with E-state index in [1.54, 1.807) is 5.38 Å². The van der Waals surface area contributed by atoms with Crippen LogP contribution < -0.4 is 0 Å². The van der Waals surface area contributed by atoms with Gasteiger partial charge in [0.05, 0.1) is 12.1 Å². The van der Waals surface area contributed by atoms with E-state index < -0.39 is 12.6 Å². The fourth-order valence-corrected chi connectivity index (χ4v) is 3.08. The number of thiazole rings is 1. The zero-order valence-corrected chi connectivity index (χ0v) is 10.4. The van der Waals surface area contributed by atoms with Crippen LogP contribution in [0, 0.1) is 0 Å². The Kier molecular flexibility index (Phi) is 3.73. The summed E-state index contributed by atoms with van der Waals surface area (Å²) < 4.78 is 36.6. The van der Waals surface area contributed by atoms with Gasteiger partial charge in [-0.1, -0.05) is 0 Å². The molecule has 17 heavy (non-hydrogen) atoms. The maximum absolute atomic E-state index is 12.2. The number of aromatic nitrogens is 1. The summed E-state index contributed by atoms with van der Waals surface area (Å²) in [6.07, 6.45) is -2.94. The van der Waals surface area contributed by atoms with Gasteiger partial charge in [-0.15, -0.1) is 11.3 Å². The summed E-state index contributed by atoms with van der Waals surface area (Å²) >= 11 is 1.12. The van der Waals surface area contributed by atoms with Crippen LogP contribution in [0.1, 0.15) is 29.5 Å². The number of likely N-dealkylation sites (N-methyl/N-ethyl adjacent to an activating group) is 1. The average molecular weight is 264 g/mol. The van der Waals surface area contributed by atoms with Gasteiger partial charge in [-0.25, -0.2) is 4.98 Å². The number of likely N-dealkylation sites (tertiary alicyclic amines) is 1. The van der Waals surface area contributed by atoms with Gasteiger partial charge in [-0.05, 0) is 26.4 Å². The highest BCUT2D eigenvalue weighted by molar-refractivity contribution is 7.09. The van der Waals surface area contributed by atoms with Gasteiger partial charge in [0, 0.05) is 17.8 Å². The van der Waals surface area contributed by atoms with Crippen LogP contribution in [0.4, 0.5) is 13.2 Å². The molecule has 1 atom stereocenters. The molecule has 0 bridgehead atoms. The number of hydrogen-bond acceptors (Lipinski definition) is 3. The van der Waals surface area contributed by atoms with Crippen LogP contribution in [-0.4, -0.2) is 36.2 Å². The van der Waals surface area contributed by atoms with Crippen LogP contribution in [0.5, 0.6) is 0 Å². The fourth-order valence-electron chi connectivity index (χ4n) is 2.17. The Morgan fingerprint density at radius 3 is 2.94 bits per heavy atom. The number of halogens is 3. The van der Waals surface area contributed by atoms with Crippen LogP contribution >= 0.6 is 11.3 Å². The van der Waals surface area contributed by atoms with Crippen molar-refractivity contribution in [2.75, 3.05) is 20.1 Å². The van der Waals surface area contributed by atoms with Gasteiger partial charge < -0.3 is 4.90 Å². The van der Waals surface area contributed by atoms with Crippen molar-refractivity contribution >= 4 is 11.3 Å². The van der Waals surface area contributed by atoms with Crippen molar-refractivity contribution in [3.63, 3.8) is 0 Å². The Morgan fingerprint density at radius 1 is 1.53 bits per heavy atom. The molecule has 1 unspecified atom stereocenters. The van der Waals surface area contributed by atoms with Gasteiger partial charge in [-0.2, -0.15) is 13.2 Å². The summed E-state index contributed by atoms with van der Waals surface area (Å²) in [5, 5.41) is 1.96.